The van der Waals surface area contributed by atoms with Crippen molar-refractivity contribution in [1.82, 2.24) is 15.1 Å². The number of nitrogens with zero attached hydrogens (tertiary/aromatic N) is 2. The van der Waals surface area contributed by atoms with Crippen molar-refractivity contribution in [3.8, 4) is 22.8 Å². The highest BCUT2D eigenvalue weighted by Gasteiger charge is 2.39. The molecule has 0 spiro atoms. The Bertz CT molecular complexity index is 1710. The number of fused-ring (bicyclic) bond motifs is 1. The lowest BCUT2D eigenvalue weighted by molar-refractivity contribution is -0.193. The number of amides is 1. The fourth-order valence-corrected chi connectivity index (χ4v) is 4.74. The molecule has 2 aromatic carbocycles. The third-order valence-corrected chi connectivity index (χ3v) is 7.30. The lowest BCUT2D eigenvalue weighted by atomic mass is 9.85. The standard InChI is InChI=1S/C26H30ClN3O6.2C2HF3O2/c1-28-9-11-30(3)26(34)36-22-13-18(31)23(16-8-10-29(2)14-20(16)33)25-24(22)19(32)12-21(35-25)15-6-4-5-7-17(15)27;2*3-2(4,5)1(6)7/h4-7,12-13,16,20,28,31,33H,8-11,14H2,1-3H3;2*(H,6,7)/t16-,20+;;/m0../s1. The van der Waals surface area contributed by atoms with E-state index in [1.807, 2.05) is 11.9 Å². The Balaban J connectivity index is 0.000000521. The molecule has 5 N–H and O–H groups in total. The van der Waals surface area contributed by atoms with Gasteiger partial charge in [-0.1, -0.05) is 23.7 Å². The van der Waals surface area contributed by atoms with Gasteiger partial charge in [0, 0.05) is 55.9 Å². The van der Waals surface area contributed by atoms with Crippen molar-refractivity contribution in [1.29, 1.82) is 0 Å². The number of carbonyl (C=O) groups excluding carboxylic acids is 1. The summed E-state index contributed by atoms with van der Waals surface area (Å²) in [5, 5.41) is 39.6. The Hall–Kier alpha value is -4.59. The van der Waals surface area contributed by atoms with Gasteiger partial charge in [0.25, 0.3) is 0 Å². The van der Waals surface area contributed by atoms with E-state index >= 15 is 0 Å². The zero-order valence-electron chi connectivity index (χ0n) is 26.4. The van der Waals surface area contributed by atoms with Crippen LogP contribution in [0.4, 0.5) is 31.1 Å². The van der Waals surface area contributed by atoms with E-state index < -0.39 is 47.8 Å². The average molecular weight is 744 g/mol. The summed E-state index contributed by atoms with van der Waals surface area (Å²) in [6.07, 6.45) is -11.1. The van der Waals surface area contributed by atoms with Gasteiger partial charge in [-0.3, -0.25) is 4.79 Å². The second-order valence-corrected chi connectivity index (χ2v) is 11.1. The number of aliphatic carboxylic acids is 2. The second-order valence-electron chi connectivity index (χ2n) is 10.7. The van der Waals surface area contributed by atoms with Crippen molar-refractivity contribution < 1.29 is 70.3 Å². The number of likely N-dealkylation sites (N-methyl/N-ethyl adjacent to an activating group) is 3. The van der Waals surface area contributed by atoms with E-state index in [1.54, 1.807) is 38.4 Å². The molecule has 0 bridgehead atoms. The molecule has 1 amide bonds. The number of aromatic hydroxyl groups is 1. The number of aliphatic hydroxyl groups is 1. The topological polar surface area (TPSA) is 190 Å². The van der Waals surface area contributed by atoms with Crippen molar-refractivity contribution in [2.75, 3.05) is 47.3 Å². The largest absolute Gasteiger partial charge is 0.507 e. The number of rotatable bonds is 6. The van der Waals surface area contributed by atoms with Gasteiger partial charge in [0.2, 0.25) is 0 Å². The lowest BCUT2D eigenvalue weighted by Gasteiger charge is -2.34. The number of ether oxygens (including phenoxy) is 1. The number of phenols is 1. The lowest BCUT2D eigenvalue weighted by Crippen LogP contribution is -2.40. The Morgan fingerprint density at radius 3 is 2.14 bits per heavy atom. The van der Waals surface area contributed by atoms with Crippen LogP contribution in [-0.2, 0) is 9.59 Å². The van der Waals surface area contributed by atoms with Crippen molar-refractivity contribution in [2.45, 2.75) is 30.8 Å². The van der Waals surface area contributed by atoms with E-state index in [-0.39, 0.29) is 28.2 Å². The number of aliphatic hydroxyl groups excluding tert-OH is 1. The van der Waals surface area contributed by atoms with Crippen LogP contribution in [0.15, 0.2) is 45.6 Å². The van der Waals surface area contributed by atoms with Crippen LogP contribution >= 0.6 is 11.6 Å². The average Bonchev–Trinajstić information content (AvgIpc) is 3.00. The summed E-state index contributed by atoms with van der Waals surface area (Å²) in [6, 6.07) is 9.47. The highest BCUT2D eigenvalue weighted by atomic mass is 35.5. The first-order chi connectivity index (χ1) is 23.1. The number of alkyl halides is 6. The van der Waals surface area contributed by atoms with Gasteiger partial charge in [-0.05, 0) is 39.2 Å². The first-order valence-corrected chi connectivity index (χ1v) is 14.6. The zero-order valence-corrected chi connectivity index (χ0v) is 27.2. The maximum Gasteiger partial charge on any atom is 0.490 e. The molecule has 2 heterocycles. The SMILES string of the molecule is CNCCN(C)C(=O)Oc1cc(O)c([C@H]2CCN(C)C[C@H]2O)c2oc(-c3ccccc3Cl)cc(=O)c12.O=C(O)C(F)(F)F.O=C(O)C(F)(F)F. The van der Waals surface area contributed by atoms with Crippen molar-refractivity contribution in [3.63, 3.8) is 0 Å². The minimum absolute atomic E-state index is 0.0140. The molecule has 1 saturated heterocycles. The number of halogens is 7. The summed E-state index contributed by atoms with van der Waals surface area (Å²) < 4.78 is 75.2. The Labute approximate surface area is 284 Å². The number of phenolic OH excluding ortho intramolecular Hbond substituents is 1. The van der Waals surface area contributed by atoms with Crippen LogP contribution in [-0.4, -0.2) is 114 Å². The number of benzene rings is 2. The predicted molar refractivity (Wildman–Crippen MR) is 165 cm³/mol. The van der Waals surface area contributed by atoms with Gasteiger partial charge in [-0.25, -0.2) is 14.4 Å². The third-order valence-electron chi connectivity index (χ3n) is 6.97. The summed E-state index contributed by atoms with van der Waals surface area (Å²) in [5.74, 6) is -6.14. The minimum atomic E-state index is -5.08. The van der Waals surface area contributed by atoms with Crippen LogP contribution in [0.3, 0.4) is 0 Å². The van der Waals surface area contributed by atoms with Crippen molar-refractivity contribution in [2.24, 2.45) is 0 Å². The van der Waals surface area contributed by atoms with E-state index in [9.17, 15) is 46.1 Å². The molecule has 1 aliphatic rings. The van der Waals surface area contributed by atoms with Crippen LogP contribution < -0.4 is 15.5 Å². The predicted octanol–water partition coefficient (Wildman–Crippen LogP) is 4.52. The summed E-state index contributed by atoms with van der Waals surface area (Å²) in [4.78, 5) is 47.3. The van der Waals surface area contributed by atoms with Crippen LogP contribution in [0, 0.1) is 0 Å². The van der Waals surface area contributed by atoms with Gasteiger partial charge in [0.05, 0.1) is 11.1 Å². The maximum absolute atomic E-state index is 13.4. The number of nitrogens with one attached hydrogen (secondary N) is 1. The molecule has 1 aliphatic heterocycles. The Morgan fingerprint density at radius 2 is 1.64 bits per heavy atom. The number of likely N-dealkylation sites (tertiary alicyclic amines) is 1. The molecule has 20 heteroatoms. The summed E-state index contributed by atoms with van der Waals surface area (Å²) in [6.45, 7) is 2.01. The molecule has 4 rings (SSSR count). The van der Waals surface area contributed by atoms with Gasteiger partial charge >= 0.3 is 30.4 Å². The fourth-order valence-electron chi connectivity index (χ4n) is 4.51. The first kappa shape index (κ1) is 41.6. The molecule has 276 valence electrons. The molecular formula is C30H32ClF6N3O10. The van der Waals surface area contributed by atoms with E-state index in [0.29, 0.717) is 48.7 Å². The van der Waals surface area contributed by atoms with E-state index in [0.717, 1.165) is 0 Å². The van der Waals surface area contributed by atoms with Gasteiger partial charge in [0.15, 0.2) is 11.2 Å². The first-order valence-electron chi connectivity index (χ1n) is 14.2. The minimum Gasteiger partial charge on any atom is -0.507 e. The number of carboxylic acids is 2. The van der Waals surface area contributed by atoms with E-state index in [1.165, 1.54) is 17.0 Å². The highest BCUT2D eigenvalue weighted by Crippen LogP contribution is 2.43. The van der Waals surface area contributed by atoms with Crippen LogP contribution in [0.1, 0.15) is 17.9 Å². The number of piperidine rings is 1. The van der Waals surface area contributed by atoms with Gasteiger partial charge in [-0.2, -0.15) is 26.3 Å². The Morgan fingerprint density at radius 1 is 1.08 bits per heavy atom. The molecule has 0 radical (unpaired) electrons. The molecule has 3 aromatic rings. The number of β-amino-alcohol motifs (C(OH)–C–C–N with tert-alkyl or cyclic N) is 1. The third kappa shape index (κ3) is 11.2. The van der Waals surface area contributed by atoms with Crippen molar-refractivity contribution >= 4 is 40.6 Å². The number of carbonyl (C=O) groups is 3. The van der Waals surface area contributed by atoms with Crippen LogP contribution in [0.5, 0.6) is 11.5 Å². The van der Waals surface area contributed by atoms with Gasteiger partial charge < -0.3 is 44.7 Å². The molecule has 0 unspecified atom stereocenters. The molecule has 0 aliphatic carbocycles. The highest BCUT2D eigenvalue weighted by molar-refractivity contribution is 6.33. The Kier molecular flexibility index (Phi) is 14.4. The number of hydrogen-bond donors (Lipinski definition) is 5. The maximum atomic E-state index is 13.4. The number of hydrogen-bond acceptors (Lipinski definition) is 10. The number of carboxylic acid groups (broad SMARTS) is 2. The smallest absolute Gasteiger partial charge is 0.490 e. The fraction of sp³-hybridized carbons (Fsp3) is 0.400. The molecule has 1 aromatic heterocycles. The summed E-state index contributed by atoms with van der Waals surface area (Å²) >= 11 is 6.36. The summed E-state index contributed by atoms with van der Waals surface area (Å²) in [5.41, 5.74) is 0.406. The van der Waals surface area contributed by atoms with Crippen molar-refractivity contribution in [3.05, 3.63) is 57.2 Å². The van der Waals surface area contributed by atoms with E-state index in [2.05, 4.69) is 5.32 Å². The van der Waals surface area contributed by atoms with Crippen LogP contribution in [0.25, 0.3) is 22.3 Å². The molecular weight excluding hydrogens is 712 g/mol. The van der Waals surface area contributed by atoms with Gasteiger partial charge in [-0.15, -0.1) is 0 Å². The zero-order chi connectivity index (χ0) is 38.1. The van der Waals surface area contributed by atoms with E-state index in [4.69, 9.17) is 40.6 Å². The molecule has 1 fully saturated rings. The quantitative estimate of drug-likeness (QED) is 0.223. The van der Waals surface area contributed by atoms with Gasteiger partial charge in [0.1, 0.15) is 22.5 Å². The molecule has 50 heavy (non-hydrogen) atoms. The summed E-state index contributed by atoms with van der Waals surface area (Å²) in [7, 11) is 5.24. The molecule has 2 atom stereocenters. The monoisotopic (exact) mass is 743 g/mol. The molecule has 0 saturated carbocycles. The molecule has 13 nitrogen and oxygen atoms in total. The second kappa shape index (κ2) is 17.4. The normalized spacial score (nSPS) is 16.4. The van der Waals surface area contributed by atoms with Crippen LogP contribution in [0.2, 0.25) is 5.02 Å².